The number of hydrogen-bond donors (Lipinski definition) is 2. The van der Waals surface area contributed by atoms with Crippen LogP contribution < -0.4 is 10.6 Å². The first-order valence-electron chi connectivity index (χ1n) is 6.33. The van der Waals surface area contributed by atoms with Gasteiger partial charge in [0.25, 0.3) is 0 Å². The van der Waals surface area contributed by atoms with Crippen LogP contribution in [-0.2, 0) is 0 Å². The van der Waals surface area contributed by atoms with Crippen LogP contribution in [0.3, 0.4) is 0 Å². The van der Waals surface area contributed by atoms with Gasteiger partial charge in [-0.1, -0.05) is 30.3 Å². The van der Waals surface area contributed by atoms with Crippen molar-refractivity contribution in [1.82, 2.24) is 10.6 Å². The fourth-order valence-electron chi connectivity index (χ4n) is 2.56. The van der Waals surface area contributed by atoms with Gasteiger partial charge in [-0.2, -0.15) is 0 Å². The molecule has 1 saturated heterocycles. The van der Waals surface area contributed by atoms with Gasteiger partial charge in [0.2, 0.25) is 0 Å². The molecule has 1 aliphatic heterocycles. The summed E-state index contributed by atoms with van der Waals surface area (Å²) < 4.78 is 0. The van der Waals surface area contributed by atoms with Crippen LogP contribution in [0.4, 0.5) is 0 Å². The quantitative estimate of drug-likeness (QED) is 0.810. The second kappa shape index (κ2) is 6.02. The number of benzene rings is 1. The van der Waals surface area contributed by atoms with Gasteiger partial charge in [-0.25, -0.2) is 0 Å². The molecule has 1 fully saturated rings. The lowest BCUT2D eigenvalue weighted by Crippen LogP contribution is -2.32. The lowest BCUT2D eigenvalue weighted by atomic mass is 9.89. The van der Waals surface area contributed by atoms with Crippen molar-refractivity contribution in [3.63, 3.8) is 0 Å². The van der Waals surface area contributed by atoms with E-state index in [2.05, 4.69) is 48.0 Å². The molecule has 88 valence electrons. The number of hydrogen-bond acceptors (Lipinski definition) is 2. The molecule has 1 aliphatic rings. The Morgan fingerprint density at radius 1 is 1.38 bits per heavy atom. The third-order valence-corrected chi connectivity index (χ3v) is 3.52. The van der Waals surface area contributed by atoms with Crippen LogP contribution in [0.5, 0.6) is 0 Å². The zero-order chi connectivity index (χ0) is 11.2. The fourth-order valence-corrected chi connectivity index (χ4v) is 2.56. The molecule has 0 saturated carbocycles. The Morgan fingerprint density at radius 3 is 2.81 bits per heavy atom. The minimum Gasteiger partial charge on any atom is -0.316 e. The molecule has 1 heterocycles. The van der Waals surface area contributed by atoms with Crippen molar-refractivity contribution in [3.05, 3.63) is 35.9 Å². The summed E-state index contributed by atoms with van der Waals surface area (Å²) in [6, 6.07) is 11.3. The number of nitrogens with one attached hydrogen (secondary N) is 2. The van der Waals surface area contributed by atoms with Gasteiger partial charge in [-0.3, -0.25) is 0 Å². The summed E-state index contributed by atoms with van der Waals surface area (Å²) in [6.07, 6.45) is 3.95. The highest BCUT2D eigenvalue weighted by Gasteiger charge is 2.18. The molecule has 0 amide bonds. The Kier molecular flexibility index (Phi) is 4.37. The van der Waals surface area contributed by atoms with E-state index in [-0.39, 0.29) is 0 Å². The second-order valence-electron chi connectivity index (χ2n) is 4.70. The molecule has 0 radical (unpaired) electrons. The smallest absolute Gasteiger partial charge is 0.0320 e. The monoisotopic (exact) mass is 218 g/mol. The molecule has 0 aromatic heterocycles. The van der Waals surface area contributed by atoms with Crippen LogP contribution in [0.1, 0.15) is 30.9 Å². The summed E-state index contributed by atoms with van der Waals surface area (Å²) in [5.41, 5.74) is 1.41. The van der Waals surface area contributed by atoms with E-state index >= 15 is 0 Å². The van der Waals surface area contributed by atoms with E-state index in [1.165, 1.54) is 37.9 Å². The SMILES string of the molecule is CNC(CC1CCCNC1)c1ccccc1. The van der Waals surface area contributed by atoms with Gasteiger partial charge in [0.15, 0.2) is 0 Å². The number of piperidine rings is 1. The molecule has 0 spiro atoms. The third-order valence-electron chi connectivity index (χ3n) is 3.52. The van der Waals surface area contributed by atoms with Crippen molar-refractivity contribution >= 4 is 0 Å². The van der Waals surface area contributed by atoms with Gasteiger partial charge >= 0.3 is 0 Å². The Morgan fingerprint density at radius 2 is 2.19 bits per heavy atom. The molecule has 0 aliphatic carbocycles. The molecule has 0 bridgehead atoms. The van der Waals surface area contributed by atoms with Crippen LogP contribution in [0.15, 0.2) is 30.3 Å². The maximum atomic E-state index is 3.49. The summed E-state index contributed by atoms with van der Waals surface area (Å²) >= 11 is 0. The van der Waals surface area contributed by atoms with Gasteiger partial charge in [0.05, 0.1) is 0 Å². The summed E-state index contributed by atoms with van der Waals surface area (Å²) in [5, 5.41) is 6.93. The standard InChI is InChI=1S/C14H22N2/c1-15-14(13-7-3-2-4-8-13)10-12-6-5-9-16-11-12/h2-4,7-8,12,14-16H,5-6,9-11H2,1H3. The first-order chi connectivity index (χ1) is 7.90. The van der Waals surface area contributed by atoms with Crippen molar-refractivity contribution in [1.29, 1.82) is 0 Å². The Bertz CT molecular complexity index is 291. The molecule has 2 unspecified atom stereocenters. The average Bonchev–Trinajstić information content (AvgIpc) is 2.38. The molecule has 1 aromatic carbocycles. The molecule has 2 N–H and O–H groups in total. The third kappa shape index (κ3) is 3.06. The number of rotatable bonds is 4. The molecule has 2 heteroatoms. The summed E-state index contributed by atoms with van der Waals surface area (Å²) in [4.78, 5) is 0. The first kappa shape index (κ1) is 11.6. The van der Waals surface area contributed by atoms with Crippen molar-refractivity contribution < 1.29 is 0 Å². The maximum absolute atomic E-state index is 3.49. The highest BCUT2D eigenvalue weighted by Crippen LogP contribution is 2.24. The van der Waals surface area contributed by atoms with E-state index in [1.54, 1.807) is 0 Å². The largest absolute Gasteiger partial charge is 0.316 e. The van der Waals surface area contributed by atoms with E-state index in [0.717, 1.165) is 5.92 Å². The van der Waals surface area contributed by atoms with Crippen LogP contribution in [0, 0.1) is 5.92 Å². The minimum atomic E-state index is 0.506. The van der Waals surface area contributed by atoms with Gasteiger partial charge in [0, 0.05) is 6.04 Å². The minimum absolute atomic E-state index is 0.506. The molecule has 2 nitrogen and oxygen atoms in total. The topological polar surface area (TPSA) is 24.1 Å². The van der Waals surface area contributed by atoms with Crippen LogP contribution in [0.25, 0.3) is 0 Å². The Labute approximate surface area is 98.4 Å². The molecule has 2 atom stereocenters. The average molecular weight is 218 g/mol. The van der Waals surface area contributed by atoms with Gasteiger partial charge in [-0.15, -0.1) is 0 Å². The van der Waals surface area contributed by atoms with E-state index in [1.807, 2.05) is 0 Å². The molecular weight excluding hydrogens is 196 g/mol. The molecule has 2 rings (SSSR count). The highest BCUT2D eigenvalue weighted by atomic mass is 14.9. The summed E-state index contributed by atoms with van der Waals surface area (Å²) in [7, 11) is 2.06. The van der Waals surface area contributed by atoms with E-state index in [0.29, 0.717) is 6.04 Å². The van der Waals surface area contributed by atoms with Gasteiger partial charge < -0.3 is 10.6 Å². The molecular formula is C14H22N2. The second-order valence-corrected chi connectivity index (χ2v) is 4.70. The van der Waals surface area contributed by atoms with Crippen molar-refractivity contribution in [2.45, 2.75) is 25.3 Å². The van der Waals surface area contributed by atoms with Gasteiger partial charge in [0.1, 0.15) is 0 Å². The summed E-state index contributed by atoms with van der Waals surface area (Å²) in [5.74, 6) is 0.825. The Hall–Kier alpha value is -0.860. The van der Waals surface area contributed by atoms with Crippen molar-refractivity contribution in [2.75, 3.05) is 20.1 Å². The first-order valence-corrected chi connectivity index (χ1v) is 6.33. The van der Waals surface area contributed by atoms with Crippen molar-refractivity contribution in [2.24, 2.45) is 5.92 Å². The molecule has 1 aromatic rings. The lowest BCUT2D eigenvalue weighted by molar-refractivity contribution is 0.322. The predicted octanol–water partition coefficient (Wildman–Crippen LogP) is 2.34. The van der Waals surface area contributed by atoms with Crippen LogP contribution in [0.2, 0.25) is 0 Å². The lowest BCUT2D eigenvalue weighted by Gasteiger charge is -2.27. The van der Waals surface area contributed by atoms with Crippen LogP contribution >= 0.6 is 0 Å². The highest BCUT2D eigenvalue weighted by molar-refractivity contribution is 5.18. The maximum Gasteiger partial charge on any atom is 0.0320 e. The van der Waals surface area contributed by atoms with E-state index in [9.17, 15) is 0 Å². The van der Waals surface area contributed by atoms with Crippen LogP contribution in [-0.4, -0.2) is 20.1 Å². The Balaban J connectivity index is 1.94. The zero-order valence-corrected chi connectivity index (χ0v) is 10.1. The van der Waals surface area contributed by atoms with Gasteiger partial charge in [-0.05, 0) is 50.9 Å². The molecule has 16 heavy (non-hydrogen) atoms. The zero-order valence-electron chi connectivity index (χ0n) is 10.1. The normalized spacial score (nSPS) is 22.9. The summed E-state index contributed by atoms with van der Waals surface area (Å²) in [6.45, 7) is 2.39. The van der Waals surface area contributed by atoms with Crippen molar-refractivity contribution in [3.8, 4) is 0 Å². The van der Waals surface area contributed by atoms with E-state index in [4.69, 9.17) is 0 Å². The fraction of sp³-hybridized carbons (Fsp3) is 0.571. The van der Waals surface area contributed by atoms with E-state index < -0.39 is 0 Å². The predicted molar refractivity (Wildman–Crippen MR) is 68.5 cm³/mol.